The second-order valence-electron chi connectivity index (χ2n) is 6.81. The van der Waals surface area contributed by atoms with Crippen molar-refractivity contribution in [1.29, 1.82) is 0 Å². The quantitative estimate of drug-likeness (QED) is 0.715. The van der Waals surface area contributed by atoms with Gasteiger partial charge in [0.15, 0.2) is 0 Å². The molecule has 0 unspecified atom stereocenters. The minimum Gasteiger partial charge on any atom is -0.350 e. The van der Waals surface area contributed by atoms with Gasteiger partial charge in [-0.1, -0.05) is 18.2 Å². The van der Waals surface area contributed by atoms with Gasteiger partial charge in [-0.15, -0.1) is 12.4 Å². The normalized spacial score (nSPS) is 16.4. The number of carbonyl (C=O) groups is 1. The fourth-order valence-electron chi connectivity index (χ4n) is 3.36. The second-order valence-corrected chi connectivity index (χ2v) is 8.93. The lowest BCUT2D eigenvalue weighted by molar-refractivity contribution is -0.132. The van der Waals surface area contributed by atoms with Gasteiger partial charge in [0.05, 0.1) is 4.90 Å². The highest BCUT2D eigenvalue weighted by Crippen LogP contribution is 2.27. The van der Waals surface area contributed by atoms with Gasteiger partial charge in [0.25, 0.3) is 0 Å². The summed E-state index contributed by atoms with van der Waals surface area (Å²) in [6.07, 6.45) is 4.71. The van der Waals surface area contributed by atoms with E-state index in [0.29, 0.717) is 18.4 Å². The molecule has 8 nitrogen and oxygen atoms in total. The monoisotopic (exact) mass is 427 g/mol. The predicted octanol–water partition coefficient (Wildman–Crippen LogP) is 0.950. The average molecular weight is 428 g/mol. The molecule has 1 aliphatic heterocycles. The molecule has 1 fully saturated rings. The first kappa shape index (κ1) is 22.4. The van der Waals surface area contributed by atoms with E-state index < -0.39 is 15.6 Å². The number of sulfonamides is 1. The van der Waals surface area contributed by atoms with Crippen LogP contribution in [0.2, 0.25) is 0 Å². The first-order valence-electron chi connectivity index (χ1n) is 8.87. The molecule has 0 aliphatic carbocycles. The zero-order chi connectivity index (χ0) is 19.5. The number of nitrogens with zero attached hydrogens (tertiary/aromatic N) is 3. The molecule has 1 saturated heterocycles. The van der Waals surface area contributed by atoms with Gasteiger partial charge in [0.2, 0.25) is 15.9 Å². The van der Waals surface area contributed by atoms with Crippen LogP contribution in [0.5, 0.6) is 0 Å². The van der Waals surface area contributed by atoms with E-state index in [-0.39, 0.29) is 29.8 Å². The van der Waals surface area contributed by atoms with Gasteiger partial charge in [-0.05, 0) is 43.6 Å². The molecule has 10 heteroatoms. The van der Waals surface area contributed by atoms with E-state index >= 15 is 0 Å². The van der Waals surface area contributed by atoms with E-state index in [0.717, 1.165) is 13.1 Å². The SMILES string of the molecule is CN(C)S(=O)(=O)c1ccccc1CNC(=O)C1(n2cccn2)CCNCC1.Cl. The Labute approximate surface area is 171 Å². The number of hydrogen-bond donors (Lipinski definition) is 2. The van der Waals surface area contributed by atoms with Gasteiger partial charge >= 0.3 is 0 Å². The number of piperidine rings is 1. The summed E-state index contributed by atoms with van der Waals surface area (Å²) >= 11 is 0. The number of hydrogen-bond acceptors (Lipinski definition) is 5. The Hall–Kier alpha value is -1.94. The molecule has 0 bridgehead atoms. The molecule has 3 rings (SSSR count). The maximum atomic E-state index is 13.1. The van der Waals surface area contributed by atoms with Gasteiger partial charge < -0.3 is 10.6 Å². The van der Waals surface area contributed by atoms with E-state index in [4.69, 9.17) is 0 Å². The number of halogens is 1. The van der Waals surface area contributed by atoms with Crippen LogP contribution in [-0.2, 0) is 26.9 Å². The molecule has 2 heterocycles. The van der Waals surface area contributed by atoms with Crippen LogP contribution in [0.1, 0.15) is 18.4 Å². The molecule has 2 aromatic rings. The zero-order valence-electron chi connectivity index (χ0n) is 16.0. The van der Waals surface area contributed by atoms with Crippen molar-refractivity contribution >= 4 is 28.3 Å². The smallest absolute Gasteiger partial charge is 0.248 e. The molecule has 28 heavy (non-hydrogen) atoms. The second kappa shape index (κ2) is 9.04. The number of aromatic nitrogens is 2. The van der Waals surface area contributed by atoms with Crippen LogP contribution in [0.3, 0.4) is 0 Å². The molecule has 1 aromatic heterocycles. The van der Waals surface area contributed by atoms with Crippen molar-refractivity contribution < 1.29 is 13.2 Å². The third-order valence-electron chi connectivity index (χ3n) is 4.97. The van der Waals surface area contributed by atoms with E-state index in [1.54, 1.807) is 47.4 Å². The Kier molecular flexibility index (Phi) is 7.22. The van der Waals surface area contributed by atoms with E-state index in [2.05, 4.69) is 15.7 Å². The Morgan fingerprint density at radius 3 is 2.54 bits per heavy atom. The largest absolute Gasteiger partial charge is 0.350 e. The molecule has 0 saturated carbocycles. The van der Waals surface area contributed by atoms with Crippen molar-refractivity contribution in [1.82, 2.24) is 24.7 Å². The third-order valence-corrected chi connectivity index (χ3v) is 6.88. The van der Waals surface area contributed by atoms with Gasteiger partial charge in [-0.25, -0.2) is 12.7 Å². The maximum absolute atomic E-state index is 13.1. The lowest BCUT2D eigenvalue weighted by atomic mass is 9.87. The number of nitrogens with one attached hydrogen (secondary N) is 2. The molecular formula is C18H26ClN5O3S. The summed E-state index contributed by atoms with van der Waals surface area (Å²) in [5.74, 6) is -0.148. The number of amides is 1. The summed E-state index contributed by atoms with van der Waals surface area (Å²) in [4.78, 5) is 13.3. The molecule has 0 radical (unpaired) electrons. The molecule has 0 spiro atoms. The average Bonchev–Trinajstić information content (AvgIpc) is 3.22. The molecule has 0 atom stereocenters. The lowest BCUT2D eigenvalue weighted by Crippen LogP contribution is -2.54. The topological polar surface area (TPSA) is 96.3 Å². The van der Waals surface area contributed by atoms with Crippen molar-refractivity contribution in [3.05, 3.63) is 48.3 Å². The highest BCUT2D eigenvalue weighted by atomic mass is 35.5. The van der Waals surface area contributed by atoms with E-state index in [9.17, 15) is 13.2 Å². The van der Waals surface area contributed by atoms with Crippen LogP contribution < -0.4 is 10.6 Å². The van der Waals surface area contributed by atoms with Gasteiger partial charge in [-0.3, -0.25) is 9.48 Å². The fraction of sp³-hybridized carbons (Fsp3) is 0.444. The van der Waals surface area contributed by atoms with Gasteiger partial charge in [0, 0.05) is 33.0 Å². The van der Waals surface area contributed by atoms with Crippen LogP contribution in [0, 0.1) is 0 Å². The standard InChI is InChI=1S/C18H25N5O3S.ClH/c1-22(2)27(25,26)16-7-4-3-6-15(16)14-20-17(24)18(8-11-19-12-9-18)23-13-5-10-21-23;/h3-7,10,13,19H,8-9,11-12,14H2,1-2H3,(H,20,24);1H. The Balaban J connectivity index is 0.00000280. The summed E-state index contributed by atoms with van der Waals surface area (Å²) in [5.41, 5.74) is -0.200. The Morgan fingerprint density at radius 1 is 1.25 bits per heavy atom. The zero-order valence-corrected chi connectivity index (χ0v) is 17.6. The predicted molar refractivity (Wildman–Crippen MR) is 109 cm³/mol. The van der Waals surface area contributed by atoms with E-state index in [1.165, 1.54) is 18.4 Å². The molecule has 1 aliphatic rings. The Morgan fingerprint density at radius 2 is 1.93 bits per heavy atom. The minimum absolute atomic E-state index is 0. The van der Waals surface area contributed by atoms with Crippen molar-refractivity contribution in [2.45, 2.75) is 29.8 Å². The fourth-order valence-corrected chi connectivity index (χ4v) is 4.48. The molecule has 2 N–H and O–H groups in total. The maximum Gasteiger partial charge on any atom is 0.248 e. The summed E-state index contributed by atoms with van der Waals surface area (Å²) in [6.45, 7) is 1.58. The third kappa shape index (κ3) is 4.22. The summed E-state index contributed by atoms with van der Waals surface area (Å²) < 4.78 is 28.0. The van der Waals surface area contributed by atoms with Crippen LogP contribution in [0.4, 0.5) is 0 Å². The molecule has 1 amide bonds. The van der Waals surface area contributed by atoms with Crippen LogP contribution >= 0.6 is 12.4 Å². The first-order chi connectivity index (χ1) is 12.9. The van der Waals surface area contributed by atoms with Crippen molar-refractivity contribution in [3.63, 3.8) is 0 Å². The highest BCUT2D eigenvalue weighted by molar-refractivity contribution is 7.89. The van der Waals surface area contributed by atoms with Crippen molar-refractivity contribution in [2.75, 3.05) is 27.2 Å². The number of carbonyl (C=O) groups excluding carboxylic acids is 1. The minimum atomic E-state index is -3.58. The van der Waals surface area contributed by atoms with Crippen molar-refractivity contribution in [2.24, 2.45) is 0 Å². The number of rotatable bonds is 6. The van der Waals surface area contributed by atoms with Crippen LogP contribution in [-0.4, -0.2) is 55.6 Å². The molecule has 1 aromatic carbocycles. The molecular weight excluding hydrogens is 402 g/mol. The van der Waals surface area contributed by atoms with Gasteiger partial charge in [-0.2, -0.15) is 5.10 Å². The number of benzene rings is 1. The van der Waals surface area contributed by atoms with E-state index in [1.807, 2.05) is 0 Å². The highest BCUT2D eigenvalue weighted by Gasteiger charge is 2.41. The first-order valence-corrected chi connectivity index (χ1v) is 10.3. The summed E-state index contributed by atoms with van der Waals surface area (Å²) in [7, 11) is -0.599. The summed E-state index contributed by atoms with van der Waals surface area (Å²) in [5, 5.41) is 10.5. The van der Waals surface area contributed by atoms with Crippen LogP contribution in [0.25, 0.3) is 0 Å². The van der Waals surface area contributed by atoms with Crippen LogP contribution in [0.15, 0.2) is 47.6 Å². The van der Waals surface area contributed by atoms with Crippen molar-refractivity contribution in [3.8, 4) is 0 Å². The van der Waals surface area contributed by atoms with Gasteiger partial charge in [0.1, 0.15) is 5.54 Å². The summed E-state index contributed by atoms with van der Waals surface area (Å²) in [6, 6.07) is 8.53. The lowest BCUT2D eigenvalue weighted by Gasteiger charge is -2.36. The molecule has 154 valence electrons. The Bertz CT molecular complexity index is 894.